The van der Waals surface area contributed by atoms with Crippen LogP contribution >= 0.6 is 0 Å². The molecule has 1 fully saturated rings. The number of aromatic nitrogens is 5. The topological polar surface area (TPSA) is 97.7 Å². The fourth-order valence-electron chi connectivity index (χ4n) is 4.02. The summed E-state index contributed by atoms with van der Waals surface area (Å²) < 4.78 is 6.96. The summed E-state index contributed by atoms with van der Waals surface area (Å²) in [6.45, 7) is 0.562. The van der Waals surface area contributed by atoms with Gasteiger partial charge < -0.3 is 15.0 Å². The smallest absolute Gasteiger partial charge is 0.248 e. The fourth-order valence-corrected chi connectivity index (χ4v) is 4.02. The van der Waals surface area contributed by atoms with Crippen molar-refractivity contribution >= 4 is 16.8 Å². The molecule has 1 aliphatic carbocycles. The van der Waals surface area contributed by atoms with Crippen LogP contribution in [-0.4, -0.2) is 44.8 Å². The maximum absolute atomic E-state index is 13.1. The van der Waals surface area contributed by atoms with E-state index in [-0.39, 0.29) is 5.91 Å². The zero-order valence-corrected chi connectivity index (χ0v) is 15.4. The van der Waals surface area contributed by atoms with Gasteiger partial charge in [-0.05, 0) is 53.5 Å². The number of nitrogens with zero attached hydrogens (tertiary/aromatic N) is 4. The molecule has 4 rings (SSSR count). The fraction of sp³-hybridized carbons (Fsp3) is 0.474. The highest BCUT2D eigenvalue weighted by Gasteiger charge is 2.42. The minimum atomic E-state index is -0.662. The van der Waals surface area contributed by atoms with Gasteiger partial charge in [0.2, 0.25) is 5.91 Å². The van der Waals surface area contributed by atoms with Crippen LogP contribution in [0.2, 0.25) is 0 Å². The Labute approximate surface area is 157 Å². The Kier molecular flexibility index (Phi) is 4.79. The van der Waals surface area contributed by atoms with E-state index in [2.05, 4.69) is 25.8 Å². The van der Waals surface area contributed by atoms with Crippen molar-refractivity contribution in [2.24, 2.45) is 0 Å². The molecular weight excluding hydrogens is 344 g/mol. The third kappa shape index (κ3) is 3.27. The predicted octanol–water partition coefficient (Wildman–Crippen LogP) is 2.18. The van der Waals surface area contributed by atoms with Crippen molar-refractivity contribution in [2.45, 2.75) is 44.1 Å². The van der Waals surface area contributed by atoms with Crippen molar-refractivity contribution in [2.75, 3.05) is 13.7 Å². The molecule has 142 valence electrons. The van der Waals surface area contributed by atoms with Crippen molar-refractivity contribution in [3.05, 3.63) is 36.3 Å². The normalized spacial score (nSPS) is 16.3. The number of benzene rings is 1. The second-order valence-corrected chi connectivity index (χ2v) is 7.08. The number of tetrazole rings is 1. The highest BCUT2D eigenvalue weighted by Crippen LogP contribution is 2.34. The maximum Gasteiger partial charge on any atom is 0.248 e. The molecule has 0 bridgehead atoms. The number of ether oxygens (including phenoxy) is 1. The number of carbonyl (C=O) groups excluding carboxylic acids is 1. The molecule has 3 aromatic rings. The molecule has 0 saturated heterocycles. The molecule has 0 unspecified atom stereocenters. The maximum atomic E-state index is 13.1. The summed E-state index contributed by atoms with van der Waals surface area (Å²) in [5.74, 6) is 0.833. The highest BCUT2D eigenvalue weighted by molar-refractivity contribution is 5.86. The third-order valence-corrected chi connectivity index (χ3v) is 5.55. The zero-order chi connectivity index (χ0) is 18.7. The Morgan fingerprint density at radius 1 is 1.33 bits per heavy atom. The Bertz CT molecular complexity index is 912. The SMILES string of the molecule is COc1ccc2[nH]cc(CCNC(=O)C3(n4cnnn4)CCCCC3)c2c1. The van der Waals surface area contributed by atoms with Crippen molar-refractivity contribution in [3.63, 3.8) is 0 Å². The van der Waals surface area contributed by atoms with Gasteiger partial charge in [-0.25, -0.2) is 4.68 Å². The molecule has 1 amide bonds. The average Bonchev–Trinajstić information content (AvgIpc) is 3.38. The number of hydrogen-bond donors (Lipinski definition) is 2. The lowest BCUT2D eigenvalue weighted by Crippen LogP contribution is -2.50. The number of carbonyl (C=O) groups is 1. The van der Waals surface area contributed by atoms with Gasteiger partial charge in [0.1, 0.15) is 17.6 Å². The number of rotatable bonds is 6. The van der Waals surface area contributed by atoms with Crippen molar-refractivity contribution in [3.8, 4) is 5.75 Å². The first kappa shape index (κ1) is 17.5. The van der Waals surface area contributed by atoms with Gasteiger partial charge in [-0.1, -0.05) is 19.3 Å². The first-order chi connectivity index (χ1) is 13.2. The Balaban J connectivity index is 1.46. The van der Waals surface area contributed by atoms with E-state index in [1.807, 2.05) is 24.4 Å². The van der Waals surface area contributed by atoms with Gasteiger partial charge in [-0.2, -0.15) is 0 Å². The minimum absolute atomic E-state index is 0.00641. The Morgan fingerprint density at radius 3 is 2.93 bits per heavy atom. The van der Waals surface area contributed by atoms with Crippen LogP contribution in [0.3, 0.4) is 0 Å². The van der Waals surface area contributed by atoms with E-state index in [0.717, 1.165) is 60.7 Å². The summed E-state index contributed by atoms with van der Waals surface area (Å²) in [7, 11) is 1.66. The first-order valence-electron chi connectivity index (χ1n) is 9.39. The molecule has 8 heteroatoms. The van der Waals surface area contributed by atoms with Crippen LogP contribution in [0.1, 0.15) is 37.7 Å². The van der Waals surface area contributed by atoms with E-state index < -0.39 is 5.54 Å². The molecule has 1 saturated carbocycles. The molecule has 0 radical (unpaired) electrons. The number of nitrogens with one attached hydrogen (secondary N) is 2. The summed E-state index contributed by atoms with van der Waals surface area (Å²) >= 11 is 0. The Hall–Kier alpha value is -2.90. The lowest BCUT2D eigenvalue weighted by atomic mass is 9.81. The van der Waals surface area contributed by atoms with Crippen LogP contribution in [0.4, 0.5) is 0 Å². The summed E-state index contributed by atoms with van der Waals surface area (Å²) in [4.78, 5) is 16.3. The van der Waals surface area contributed by atoms with Crippen LogP contribution in [0, 0.1) is 0 Å². The van der Waals surface area contributed by atoms with Gasteiger partial charge >= 0.3 is 0 Å². The standard InChI is InChI=1S/C19H24N6O2/c1-27-15-5-6-17-16(11-15)14(12-21-17)7-10-20-18(26)19(8-3-2-4-9-19)25-13-22-23-24-25/h5-6,11-13,21H,2-4,7-10H2,1H3,(H,20,26). The van der Waals surface area contributed by atoms with Gasteiger partial charge in [0, 0.05) is 23.6 Å². The minimum Gasteiger partial charge on any atom is -0.497 e. The van der Waals surface area contributed by atoms with Gasteiger partial charge in [0.25, 0.3) is 0 Å². The largest absolute Gasteiger partial charge is 0.497 e. The van der Waals surface area contributed by atoms with Crippen LogP contribution in [0.15, 0.2) is 30.7 Å². The molecule has 0 aliphatic heterocycles. The number of hydrogen-bond acceptors (Lipinski definition) is 5. The molecule has 0 atom stereocenters. The predicted molar refractivity (Wildman–Crippen MR) is 100 cm³/mol. The zero-order valence-electron chi connectivity index (χ0n) is 15.4. The van der Waals surface area contributed by atoms with Crippen molar-refractivity contribution < 1.29 is 9.53 Å². The monoisotopic (exact) mass is 368 g/mol. The highest BCUT2D eigenvalue weighted by atomic mass is 16.5. The van der Waals surface area contributed by atoms with E-state index in [0.29, 0.717) is 6.54 Å². The lowest BCUT2D eigenvalue weighted by Gasteiger charge is -2.35. The lowest BCUT2D eigenvalue weighted by molar-refractivity contribution is -0.132. The van der Waals surface area contributed by atoms with Crippen LogP contribution in [0.5, 0.6) is 5.75 Å². The molecule has 8 nitrogen and oxygen atoms in total. The molecular formula is C19H24N6O2. The number of methoxy groups -OCH3 is 1. The van der Waals surface area contributed by atoms with Gasteiger partial charge in [0.15, 0.2) is 0 Å². The van der Waals surface area contributed by atoms with Gasteiger partial charge in [-0.15, -0.1) is 5.10 Å². The van der Waals surface area contributed by atoms with Crippen molar-refractivity contribution in [1.29, 1.82) is 0 Å². The molecule has 0 spiro atoms. The molecule has 2 aromatic heterocycles. The molecule has 2 N–H and O–H groups in total. The molecule has 2 heterocycles. The van der Waals surface area contributed by atoms with Crippen LogP contribution < -0.4 is 10.1 Å². The van der Waals surface area contributed by atoms with Crippen molar-refractivity contribution in [1.82, 2.24) is 30.5 Å². The molecule has 1 aliphatic rings. The molecule has 27 heavy (non-hydrogen) atoms. The molecule has 1 aromatic carbocycles. The number of amides is 1. The van der Waals surface area contributed by atoms with E-state index >= 15 is 0 Å². The quantitative estimate of drug-likeness (QED) is 0.695. The van der Waals surface area contributed by atoms with Gasteiger partial charge in [-0.3, -0.25) is 4.79 Å². The second kappa shape index (κ2) is 7.38. The van der Waals surface area contributed by atoms with E-state index in [1.54, 1.807) is 18.1 Å². The first-order valence-corrected chi connectivity index (χ1v) is 9.39. The number of fused-ring (bicyclic) bond motifs is 1. The third-order valence-electron chi connectivity index (χ3n) is 5.55. The second-order valence-electron chi connectivity index (χ2n) is 7.08. The summed E-state index contributed by atoms with van der Waals surface area (Å²) in [5.41, 5.74) is 1.56. The van der Waals surface area contributed by atoms with Crippen LogP contribution in [-0.2, 0) is 16.8 Å². The summed E-state index contributed by atoms with van der Waals surface area (Å²) in [6, 6.07) is 5.96. The van der Waals surface area contributed by atoms with E-state index in [1.165, 1.54) is 0 Å². The van der Waals surface area contributed by atoms with Gasteiger partial charge in [0.05, 0.1) is 7.11 Å². The summed E-state index contributed by atoms with van der Waals surface area (Å²) in [5, 5.41) is 15.7. The Morgan fingerprint density at radius 2 is 2.19 bits per heavy atom. The van der Waals surface area contributed by atoms with E-state index in [4.69, 9.17) is 4.74 Å². The number of H-pyrrole nitrogens is 1. The summed E-state index contributed by atoms with van der Waals surface area (Å²) in [6.07, 6.45) is 9.00. The van der Waals surface area contributed by atoms with E-state index in [9.17, 15) is 4.79 Å². The van der Waals surface area contributed by atoms with Crippen LogP contribution in [0.25, 0.3) is 10.9 Å². The number of aromatic amines is 1. The average molecular weight is 368 g/mol.